The van der Waals surface area contributed by atoms with Crippen molar-refractivity contribution < 1.29 is 14.0 Å². The van der Waals surface area contributed by atoms with Crippen molar-refractivity contribution in [3.8, 4) is 0 Å². The van der Waals surface area contributed by atoms with Crippen LogP contribution in [-0.4, -0.2) is 29.4 Å². The summed E-state index contributed by atoms with van der Waals surface area (Å²) >= 11 is 0. The van der Waals surface area contributed by atoms with Gasteiger partial charge in [0, 0.05) is 31.7 Å². The van der Waals surface area contributed by atoms with Gasteiger partial charge in [-0.3, -0.25) is 4.79 Å². The fraction of sp³-hybridized carbons (Fsp3) is 0.200. The fourth-order valence-corrected chi connectivity index (χ4v) is 3.75. The van der Waals surface area contributed by atoms with Crippen LogP contribution in [0.25, 0.3) is 0 Å². The predicted molar refractivity (Wildman–Crippen MR) is 118 cm³/mol. The Labute approximate surface area is 181 Å². The molecule has 6 heteroatoms. The molecule has 1 aliphatic rings. The number of hydrogen-bond acceptors (Lipinski definition) is 2. The molecule has 1 saturated heterocycles. The molecule has 0 aromatic heterocycles. The topological polar surface area (TPSA) is 52.7 Å². The molecule has 1 heterocycles. The van der Waals surface area contributed by atoms with Gasteiger partial charge in [-0.05, 0) is 35.4 Å². The number of amides is 3. The summed E-state index contributed by atoms with van der Waals surface area (Å²) in [5, 5.41) is 3.01. The number of anilines is 1. The van der Waals surface area contributed by atoms with Crippen LogP contribution in [-0.2, 0) is 17.9 Å². The third kappa shape index (κ3) is 5.28. The van der Waals surface area contributed by atoms with Gasteiger partial charge in [-0.15, -0.1) is 0 Å². The Kier molecular flexibility index (Phi) is 6.26. The quantitative estimate of drug-likeness (QED) is 0.649. The molecule has 3 aromatic rings. The van der Waals surface area contributed by atoms with Crippen molar-refractivity contribution in [3.05, 3.63) is 102 Å². The van der Waals surface area contributed by atoms with E-state index in [2.05, 4.69) is 5.32 Å². The molecular weight excluding hydrogens is 393 g/mol. The number of nitrogens with one attached hydrogen (secondary N) is 1. The SMILES string of the molecule is O=C(N[C@@H]1CC(=O)N(c2ccc(F)cc2)C1)N(Cc1ccccc1)Cc1ccccc1. The lowest BCUT2D eigenvalue weighted by molar-refractivity contribution is -0.117. The molecule has 3 aromatic carbocycles. The molecule has 0 saturated carbocycles. The van der Waals surface area contributed by atoms with Gasteiger partial charge in [-0.1, -0.05) is 60.7 Å². The molecule has 1 N–H and O–H groups in total. The van der Waals surface area contributed by atoms with E-state index in [1.54, 1.807) is 21.9 Å². The smallest absolute Gasteiger partial charge is 0.318 e. The Bertz CT molecular complexity index is 984. The number of hydrogen-bond donors (Lipinski definition) is 1. The zero-order chi connectivity index (χ0) is 21.6. The van der Waals surface area contributed by atoms with E-state index < -0.39 is 0 Å². The van der Waals surface area contributed by atoms with Crippen LogP contribution in [0.15, 0.2) is 84.9 Å². The zero-order valence-corrected chi connectivity index (χ0v) is 17.1. The van der Waals surface area contributed by atoms with Crippen LogP contribution >= 0.6 is 0 Å². The molecule has 0 radical (unpaired) electrons. The minimum Gasteiger partial charge on any atom is -0.333 e. The number of halogens is 1. The molecule has 0 spiro atoms. The van der Waals surface area contributed by atoms with Gasteiger partial charge < -0.3 is 15.1 Å². The maximum Gasteiger partial charge on any atom is 0.318 e. The van der Waals surface area contributed by atoms with Crippen molar-refractivity contribution in [2.24, 2.45) is 0 Å². The third-order valence-electron chi connectivity index (χ3n) is 5.31. The fourth-order valence-electron chi connectivity index (χ4n) is 3.75. The highest BCUT2D eigenvalue weighted by atomic mass is 19.1. The van der Waals surface area contributed by atoms with Gasteiger partial charge in [0.05, 0.1) is 6.04 Å². The van der Waals surface area contributed by atoms with E-state index in [9.17, 15) is 14.0 Å². The lowest BCUT2D eigenvalue weighted by atomic mass is 10.1. The van der Waals surface area contributed by atoms with Crippen molar-refractivity contribution in [1.29, 1.82) is 0 Å². The highest BCUT2D eigenvalue weighted by Gasteiger charge is 2.32. The molecular formula is C25H24FN3O2. The molecule has 0 bridgehead atoms. The van der Waals surface area contributed by atoms with Gasteiger partial charge in [0.15, 0.2) is 0 Å². The average molecular weight is 417 g/mol. The Morgan fingerprint density at radius 3 is 2.00 bits per heavy atom. The van der Waals surface area contributed by atoms with Crippen LogP contribution in [0.1, 0.15) is 17.5 Å². The van der Waals surface area contributed by atoms with Gasteiger partial charge in [0.1, 0.15) is 5.82 Å². The predicted octanol–water partition coefficient (Wildman–Crippen LogP) is 4.34. The minimum absolute atomic E-state index is 0.0884. The molecule has 1 aliphatic heterocycles. The van der Waals surface area contributed by atoms with Crippen LogP contribution in [0.3, 0.4) is 0 Å². The molecule has 0 aliphatic carbocycles. The van der Waals surface area contributed by atoms with Crippen molar-refractivity contribution in [2.75, 3.05) is 11.4 Å². The van der Waals surface area contributed by atoms with Gasteiger partial charge in [-0.25, -0.2) is 9.18 Å². The zero-order valence-electron chi connectivity index (χ0n) is 17.1. The van der Waals surface area contributed by atoms with E-state index >= 15 is 0 Å². The Balaban J connectivity index is 1.45. The summed E-state index contributed by atoms with van der Waals surface area (Å²) in [5.41, 5.74) is 2.70. The second kappa shape index (κ2) is 9.43. The molecule has 1 fully saturated rings. The standard InChI is InChI=1S/C25H24FN3O2/c26-21-11-13-23(14-12-21)29-18-22(15-24(29)30)27-25(31)28(16-19-7-3-1-4-8-19)17-20-9-5-2-6-10-20/h1-14,22H,15-18H2,(H,27,31)/t22-/m1/s1. The van der Waals surface area contributed by atoms with Gasteiger partial charge in [0.2, 0.25) is 5.91 Å². The van der Waals surface area contributed by atoms with Gasteiger partial charge in [0.25, 0.3) is 0 Å². The number of carbonyl (C=O) groups is 2. The largest absolute Gasteiger partial charge is 0.333 e. The maximum atomic E-state index is 13.2. The minimum atomic E-state index is -0.349. The molecule has 158 valence electrons. The van der Waals surface area contributed by atoms with Gasteiger partial charge in [-0.2, -0.15) is 0 Å². The summed E-state index contributed by atoms with van der Waals surface area (Å²) < 4.78 is 13.2. The van der Waals surface area contributed by atoms with E-state index in [1.807, 2.05) is 60.7 Å². The van der Waals surface area contributed by atoms with Crippen LogP contribution in [0.5, 0.6) is 0 Å². The second-order valence-electron chi connectivity index (χ2n) is 7.66. The highest BCUT2D eigenvalue weighted by Crippen LogP contribution is 2.22. The summed E-state index contributed by atoms with van der Waals surface area (Å²) in [7, 11) is 0. The van der Waals surface area contributed by atoms with E-state index in [-0.39, 0.29) is 30.2 Å². The first-order chi connectivity index (χ1) is 15.1. The van der Waals surface area contributed by atoms with Crippen LogP contribution in [0, 0.1) is 5.82 Å². The first-order valence-corrected chi connectivity index (χ1v) is 10.3. The lowest BCUT2D eigenvalue weighted by Crippen LogP contribution is -2.45. The number of carbonyl (C=O) groups excluding carboxylic acids is 2. The number of rotatable bonds is 6. The molecule has 3 amide bonds. The molecule has 4 rings (SSSR count). The average Bonchev–Trinajstić information content (AvgIpc) is 3.15. The highest BCUT2D eigenvalue weighted by molar-refractivity contribution is 5.96. The molecule has 31 heavy (non-hydrogen) atoms. The van der Waals surface area contributed by atoms with E-state index in [1.165, 1.54) is 12.1 Å². The van der Waals surface area contributed by atoms with Crippen molar-refractivity contribution in [1.82, 2.24) is 10.2 Å². The maximum absolute atomic E-state index is 13.2. The van der Waals surface area contributed by atoms with Gasteiger partial charge >= 0.3 is 6.03 Å². The summed E-state index contributed by atoms with van der Waals surface area (Å²) in [4.78, 5) is 28.9. The van der Waals surface area contributed by atoms with Crippen LogP contribution in [0.2, 0.25) is 0 Å². The summed E-state index contributed by atoms with van der Waals surface area (Å²) in [6.45, 7) is 1.29. The molecule has 0 unspecified atom stereocenters. The molecule has 1 atom stereocenters. The van der Waals surface area contributed by atoms with Crippen molar-refractivity contribution >= 4 is 17.6 Å². The first-order valence-electron chi connectivity index (χ1n) is 10.3. The second-order valence-corrected chi connectivity index (χ2v) is 7.66. The monoisotopic (exact) mass is 417 g/mol. The van der Waals surface area contributed by atoms with E-state index in [0.29, 0.717) is 25.3 Å². The number of urea groups is 1. The summed E-state index contributed by atoms with van der Waals surface area (Å²) in [6.07, 6.45) is 0.216. The number of nitrogens with zero attached hydrogens (tertiary/aromatic N) is 2. The third-order valence-corrected chi connectivity index (χ3v) is 5.31. The van der Waals surface area contributed by atoms with Crippen LogP contribution in [0.4, 0.5) is 14.9 Å². The lowest BCUT2D eigenvalue weighted by Gasteiger charge is -2.25. The number of benzene rings is 3. The first kappa shape index (κ1) is 20.6. The Morgan fingerprint density at radius 2 is 1.45 bits per heavy atom. The summed E-state index contributed by atoms with van der Waals surface area (Å²) in [6, 6.07) is 24.9. The van der Waals surface area contributed by atoms with Crippen LogP contribution < -0.4 is 10.2 Å². The van der Waals surface area contributed by atoms with Crippen molar-refractivity contribution in [3.63, 3.8) is 0 Å². The summed E-state index contributed by atoms with van der Waals surface area (Å²) in [5.74, 6) is -0.438. The Hall–Kier alpha value is -3.67. The Morgan fingerprint density at radius 1 is 0.903 bits per heavy atom. The molecule has 5 nitrogen and oxygen atoms in total. The normalized spacial score (nSPS) is 15.7. The van der Waals surface area contributed by atoms with Crippen molar-refractivity contribution in [2.45, 2.75) is 25.6 Å². The van der Waals surface area contributed by atoms with E-state index in [0.717, 1.165) is 11.1 Å². The van der Waals surface area contributed by atoms with E-state index in [4.69, 9.17) is 0 Å².